The largest absolute Gasteiger partial charge is 0.444 e. The minimum absolute atomic E-state index is 0.106. The number of nitrogens with zero attached hydrogens (tertiary/aromatic N) is 2. The molecule has 2 aliphatic carbocycles. The van der Waals surface area contributed by atoms with Gasteiger partial charge in [0.15, 0.2) is 5.82 Å². The van der Waals surface area contributed by atoms with E-state index in [9.17, 15) is 4.79 Å². The Morgan fingerprint density at radius 2 is 1.96 bits per heavy atom. The zero-order valence-corrected chi connectivity index (χ0v) is 16.6. The fraction of sp³-hybridized carbons (Fsp3) is 0.571. The minimum atomic E-state index is -0.494. The topological polar surface area (TPSA) is 86.5 Å². The summed E-state index contributed by atoms with van der Waals surface area (Å²) >= 11 is 0. The van der Waals surface area contributed by atoms with E-state index >= 15 is 0 Å². The Hall–Kier alpha value is -2.41. The van der Waals surface area contributed by atoms with Crippen molar-refractivity contribution in [1.82, 2.24) is 15.5 Å². The summed E-state index contributed by atoms with van der Waals surface area (Å²) in [6, 6.07) is 10.1. The van der Waals surface area contributed by atoms with Crippen LogP contribution in [0.4, 0.5) is 4.79 Å². The first-order chi connectivity index (χ1) is 13.4. The summed E-state index contributed by atoms with van der Waals surface area (Å²) in [7, 11) is 0. The average molecular weight is 385 g/mol. The highest BCUT2D eigenvalue weighted by molar-refractivity contribution is 5.68. The number of carbonyl (C=O) groups is 1. The van der Waals surface area contributed by atoms with E-state index in [4.69, 9.17) is 14.0 Å². The first-order valence-electron chi connectivity index (χ1n) is 9.83. The predicted octanol–water partition coefficient (Wildman–Crippen LogP) is 3.80. The Morgan fingerprint density at radius 1 is 1.18 bits per heavy atom. The van der Waals surface area contributed by atoms with Crippen molar-refractivity contribution in [3.8, 4) is 0 Å². The van der Waals surface area contributed by atoms with Crippen molar-refractivity contribution in [1.29, 1.82) is 0 Å². The molecule has 2 aromatic rings. The smallest absolute Gasteiger partial charge is 0.407 e. The fourth-order valence-corrected chi connectivity index (χ4v) is 4.00. The van der Waals surface area contributed by atoms with Gasteiger partial charge in [0.1, 0.15) is 12.2 Å². The molecule has 1 heterocycles. The molecule has 1 aromatic heterocycles. The van der Waals surface area contributed by atoms with E-state index < -0.39 is 5.60 Å². The number of nitrogens with one attached hydrogen (secondary N) is 1. The first kappa shape index (κ1) is 18.9. The Morgan fingerprint density at radius 3 is 2.71 bits per heavy atom. The maximum absolute atomic E-state index is 12.1. The van der Waals surface area contributed by atoms with Crippen LogP contribution in [-0.2, 0) is 22.7 Å². The van der Waals surface area contributed by atoms with Crippen molar-refractivity contribution < 1.29 is 18.8 Å². The molecule has 4 rings (SSSR count). The number of ether oxygens (including phenoxy) is 2. The molecule has 4 atom stereocenters. The van der Waals surface area contributed by atoms with E-state index in [0.717, 1.165) is 18.4 Å². The van der Waals surface area contributed by atoms with Crippen LogP contribution in [0, 0.1) is 11.8 Å². The van der Waals surface area contributed by atoms with Crippen molar-refractivity contribution in [3.05, 3.63) is 47.6 Å². The van der Waals surface area contributed by atoms with Crippen LogP contribution < -0.4 is 5.32 Å². The van der Waals surface area contributed by atoms with Crippen LogP contribution in [0.15, 0.2) is 34.9 Å². The van der Waals surface area contributed by atoms with E-state index in [1.54, 1.807) is 0 Å². The van der Waals surface area contributed by atoms with Crippen LogP contribution in [0.3, 0.4) is 0 Å². The fourth-order valence-electron chi connectivity index (χ4n) is 4.00. The molecule has 1 aromatic carbocycles. The van der Waals surface area contributed by atoms with E-state index in [0.29, 0.717) is 36.8 Å². The van der Waals surface area contributed by atoms with Gasteiger partial charge >= 0.3 is 6.09 Å². The number of carbonyl (C=O) groups excluding carboxylic acids is 1. The van der Waals surface area contributed by atoms with Crippen molar-refractivity contribution in [2.75, 3.05) is 0 Å². The Kier molecular flexibility index (Phi) is 5.10. The van der Waals surface area contributed by atoms with E-state index in [2.05, 4.69) is 15.5 Å². The van der Waals surface area contributed by atoms with Gasteiger partial charge in [-0.15, -0.1) is 0 Å². The van der Waals surface area contributed by atoms with E-state index in [1.165, 1.54) is 0 Å². The summed E-state index contributed by atoms with van der Waals surface area (Å²) in [6.07, 6.45) is 1.53. The number of alkyl carbamates (subject to hydrolysis) is 1. The molecule has 2 fully saturated rings. The number of hydrogen-bond acceptors (Lipinski definition) is 6. The molecule has 0 spiro atoms. The second kappa shape index (κ2) is 7.54. The van der Waals surface area contributed by atoms with Crippen LogP contribution in [0.5, 0.6) is 0 Å². The molecular formula is C21H27N3O4. The summed E-state index contributed by atoms with van der Waals surface area (Å²) in [6.45, 7) is 6.43. The van der Waals surface area contributed by atoms with Gasteiger partial charge in [-0.2, -0.15) is 4.98 Å². The SMILES string of the molecule is CC(C)(C)OC(=O)N[C@@H]1C[C@H](c2nc(COCc3ccccc3)no2)[C@H]2C[C@H]21. The molecule has 7 heteroatoms. The molecule has 150 valence electrons. The highest BCUT2D eigenvalue weighted by Gasteiger charge is 2.57. The van der Waals surface area contributed by atoms with Gasteiger partial charge in [0.25, 0.3) is 0 Å². The third kappa shape index (κ3) is 4.52. The van der Waals surface area contributed by atoms with Gasteiger partial charge < -0.3 is 19.3 Å². The maximum atomic E-state index is 12.1. The normalized spacial score (nSPS) is 26.0. The number of aromatic nitrogens is 2. The van der Waals surface area contributed by atoms with Gasteiger partial charge in [-0.3, -0.25) is 0 Å². The lowest BCUT2D eigenvalue weighted by Gasteiger charge is -2.22. The van der Waals surface area contributed by atoms with E-state index in [-0.39, 0.29) is 18.1 Å². The van der Waals surface area contributed by atoms with Crippen LogP contribution in [-0.4, -0.2) is 27.9 Å². The molecule has 1 N–H and O–H groups in total. The van der Waals surface area contributed by atoms with Gasteiger partial charge in [-0.1, -0.05) is 35.5 Å². The third-order valence-corrected chi connectivity index (χ3v) is 5.28. The first-order valence-corrected chi connectivity index (χ1v) is 9.83. The molecule has 0 bridgehead atoms. The van der Waals surface area contributed by atoms with E-state index in [1.807, 2.05) is 51.1 Å². The quantitative estimate of drug-likeness (QED) is 0.814. The van der Waals surface area contributed by atoms with Gasteiger partial charge in [0.2, 0.25) is 5.89 Å². The zero-order valence-electron chi connectivity index (χ0n) is 16.6. The minimum Gasteiger partial charge on any atom is -0.444 e. The zero-order chi connectivity index (χ0) is 19.7. The highest BCUT2D eigenvalue weighted by atomic mass is 16.6. The molecule has 28 heavy (non-hydrogen) atoms. The lowest BCUT2D eigenvalue weighted by molar-refractivity contribution is 0.0498. The van der Waals surface area contributed by atoms with Crippen molar-refractivity contribution in [3.63, 3.8) is 0 Å². The lowest BCUT2D eigenvalue weighted by atomic mass is 10.0. The number of amides is 1. The molecule has 0 aliphatic heterocycles. The molecule has 2 aliphatic rings. The second-order valence-electron chi connectivity index (χ2n) is 8.69. The van der Waals surface area contributed by atoms with Crippen molar-refractivity contribution >= 4 is 6.09 Å². The van der Waals surface area contributed by atoms with Crippen LogP contribution in [0.25, 0.3) is 0 Å². The van der Waals surface area contributed by atoms with Crippen LogP contribution >= 0.6 is 0 Å². The van der Waals surface area contributed by atoms with Crippen LogP contribution in [0.2, 0.25) is 0 Å². The van der Waals surface area contributed by atoms with Gasteiger partial charge in [0, 0.05) is 12.0 Å². The Bertz CT molecular complexity index is 815. The lowest BCUT2D eigenvalue weighted by Crippen LogP contribution is -2.39. The standard InChI is InChI=1S/C21H27N3O4/c1-21(2,3)27-20(25)22-17-10-16(14-9-15(14)17)19-23-18(24-28-19)12-26-11-13-7-5-4-6-8-13/h4-8,14-17H,9-12H2,1-3H3,(H,22,25)/t14-,15+,16-,17+/m0/s1. The molecule has 7 nitrogen and oxygen atoms in total. The average Bonchev–Trinajstić information content (AvgIpc) is 3.14. The van der Waals surface area contributed by atoms with Gasteiger partial charge in [0.05, 0.1) is 6.61 Å². The summed E-state index contributed by atoms with van der Waals surface area (Å²) in [5.74, 6) is 2.38. The summed E-state index contributed by atoms with van der Waals surface area (Å²) in [5, 5.41) is 7.07. The molecule has 2 saturated carbocycles. The number of rotatable bonds is 6. The molecule has 1 amide bonds. The van der Waals surface area contributed by atoms with Gasteiger partial charge in [-0.25, -0.2) is 4.79 Å². The number of fused-ring (bicyclic) bond motifs is 1. The third-order valence-electron chi connectivity index (χ3n) is 5.28. The Labute approximate surface area is 164 Å². The van der Waals surface area contributed by atoms with Crippen molar-refractivity contribution in [2.24, 2.45) is 11.8 Å². The van der Waals surface area contributed by atoms with Crippen molar-refractivity contribution in [2.45, 2.75) is 64.4 Å². The highest BCUT2D eigenvalue weighted by Crippen LogP contribution is 2.59. The monoisotopic (exact) mass is 385 g/mol. The summed E-state index contributed by atoms with van der Waals surface area (Å²) < 4.78 is 16.6. The molecule has 0 unspecified atom stereocenters. The Balaban J connectivity index is 1.28. The second-order valence-corrected chi connectivity index (χ2v) is 8.69. The molecular weight excluding hydrogens is 358 g/mol. The number of hydrogen-bond donors (Lipinski definition) is 1. The number of benzene rings is 1. The summed E-state index contributed by atoms with van der Waals surface area (Å²) in [5.41, 5.74) is 0.616. The summed E-state index contributed by atoms with van der Waals surface area (Å²) in [4.78, 5) is 16.6. The van der Waals surface area contributed by atoms with Crippen LogP contribution in [0.1, 0.15) is 56.8 Å². The molecule has 0 radical (unpaired) electrons. The predicted molar refractivity (Wildman–Crippen MR) is 101 cm³/mol. The molecule has 0 saturated heterocycles. The van der Waals surface area contributed by atoms with Gasteiger partial charge in [-0.05, 0) is 51.0 Å². The maximum Gasteiger partial charge on any atom is 0.407 e.